The van der Waals surface area contributed by atoms with Crippen molar-refractivity contribution in [1.29, 1.82) is 0 Å². The molecule has 2 N–H and O–H groups in total. The van der Waals surface area contributed by atoms with E-state index in [0.29, 0.717) is 26.7 Å². The lowest BCUT2D eigenvalue weighted by molar-refractivity contribution is 0.462. The van der Waals surface area contributed by atoms with Gasteiger partial charge in [0.25, 0.3) is 0 Å². The highest BCUT2D eigenvalue weighted by Gasteiger charge is 2.09. The molecular formula is C13H11Cl3N2O. The maximum atomic E-state index is 6.02. The van der Waals surface area contributed by atoms with Crippen molar-refractivity contribution in [2.45, 2.75) is 13.0 Å². The molecule has 0 aliphatic carbocycles. The maximum Gasteiger partial charge on any atom is 0.219 e. The molecule has 1 heterocycles. The summed E-state index contributed by atoms with van der Waals surface area (Å²) in [4.78, 5) is 4.15. The van der Waals surface area contributed by atoms with E-state index in [9.17, 15) is 0 Å². The fraction of sp³-hybridized carbons (Fsp3) is 0.154. The zero-order valence-corrected chi connectivity index (χ0v) is 12.3. The first-order valence-electron chi connectivity index (χ1n) is 5.51. The molecule has 1 atom stereocenters. The highest BCUT2D eigenvalue weighted by molar-refractivity contribution is 6.43. The smallest absolute Gasteiger partial charge is 0.219 e. The van der Waals surface area contributed by atoms with Crippen molar-refractivity contribution in [1.82, 2.24) is 4.98 Å². The van der Waals surface area contributed by atoms with Crippen LogP contribution in [0.1, 0.15) is 18.5 Å². The predicted octanol–water partition coefficient (Wildman–Crippen LogP) is 4.85. The fourth-order valence-electron chi connectivity index (χ4n) is 1.42. The van der Waals surface area contributed by atoms with E-state index in [1.54, 1.807) is 18.3 Å². The van der Waals surface area contributed by atoms with Crippen LogP contribution in [0.4, 0.5) is 0 Å². The number of benzene rings is 1. The van der Waals surface area contributed by atoms with Crippen LogP contribution in [0.3, 0.4) is 0 Å². The molecule has 1 unspecified atom stereocenters. The van der Waals surface area contributed by atoms with Gasteiger partial charge in [0.1, 0.15) is 5.75 Å². The molecule has 6 heteroatoms. The first kappa shape index (κ1) is 14.4. The molecule has 0 amide bonds. The Labute approximate surface area is 126 Å². The molecule has 2 aromatic rings. The summed E-state index contributed by atoms with van der Waals surface area (Å²) in [5.74, 6) is 0.807. The van der Waals surface area contributed by atoms with E-state index in [1.165, 1.54) is 6.07 Å². The van der Waals surface area contributed by atoms with Crippen molar-refractivity contribution in [3.05, 3.63) is 51.1 Å². The van der Waals surface area contributed by atoms with Crippen molar-refractivity contribution in [3.63, 3.8) is 0 Å². The second kappa shape index (κ2) is 5.97. The third kappa shape index (κ3) is 3.51. The van der Waals surface area contributed by atoms with Gasteiger partial charge in [-0.3, -0.25) is 0 Å². The predicted molar refractivity (Wildman–Crippen MR) is 78.4 cm³/mol. The van der Waals surface area contributed by atoms with Crippen LogP contribution in [0.15, 0.2) is 30.5 Å². The van der Waals surface area contributed by atoms with Crippen LogP contribution in [-0.2, 0) is 0 Å². The number of halogens is 3. The third-order valence-electron chi connectivity index (χ3n) is 2.47. The molecule has 1 aromatic carbocycles. The maximum absolute atomic E-state index is 6.02. The molecular weight excluding hydrogens is 307 g/mol. The van der Waals surface area contributed by atoms with Gasteiger partial charge in [0, 0.05) is 24.4 Å². The minimum atomic E-state index is -0.0740. The molecule has 0 spiro atoms. The number of ether oxygens (including phenoxy) is 1. The van der Waals surface area contributed by atoms with Crippen LogP contribution < -0.4 is 10.5 Å². The molecule has 2 rings (SSSR count). The van der Waals surface area contributed by atoms with Crippen LogP contribution in [0.2, 0.25) is 15.1 Å². The largest absolute Gasteiger partial charge is 0.437 e. The van der Waals surface area contributed by atoms with E-state index in [2.05, 4.69) is 4.98 Å². The Morgan fingerprint density at radius 1 is 1.11 bits per heavy atom. The Hall–Kier alpha value is -1.000. The van der Waals surface area contributed by atoms with Gasteiger partial charge < -0.3 is 10.5 Å². The van der Waals surface area contributed by atoms with E-state index in [4.69, 9.17) is 45.3 Å². The number of aromatic nitrogens is 1. The van der Waals surface area contributed by atoms with Crippen molar-refractivity contribution in [2.75, 3.05) is 0 Å². The lowest BCUT2D eigenvalue weighted by Gasteiger charge is -2.09. The van der Waals surface area contributed by atoms with Crippen molar-refractivity contribution in [2.24, 2.45) is 5.73 Å². The molecule has 0 saturated carbocycles. The van der Waals surface area contributed by atoms with Crippen molar-refractivity contribution in [3.8, 4) is 11.6 Å². The van der Waals surface area contributed by atoms with Gasteiger partial charge in [-0.05, 0) is 18.6 Å². The first-order chi connectivity index (χ1) is 8.97. The van der Waals surface area contributed by atoms with E-state index in [0.717, 1.165) is 5.56 Å². The lowest BCUT2D eigenvalue weighted by atomic mass is 10.2. The van der Waals surface area contributed by atoms with Gasteiger partial charge in [-0.25, -0.2) is 4.98 Å². The van der Waals surface area contributed by atoms with Crippen molar-refractivity contribution < 1.29 is 4.74 Å². The molecule has 0 aliphatic heterocycles. The number of nitrogens with zero attached hydrogens (tertiary/aromatic N) is 1. The molecule has 0 bridgehead atoms. The molecule has 0 radical (unpaired) electrons. The van der Waals surface area contributed by atoms with Gasteiger partial charge in [-0.2, -0.15) is 0 Å². The van der Waals surface area contributed by atoms with E-state index >= 15 is 0 Å². The average molecular weight is 318 g/mol. The highest BCUT2D eigenvalue weighted by Crippen LogP contribution is 2.35. The lowest BCUT2D eigenvalue weighted by Crippen LogP contribution is -2.05. The monoisotopic (exact) mass is 316 g/mol. The summed E-state index contributed by atoms with van der Waals surface area (Å²) in [5.41, 5.74) is 6.67. The van der Waals surface area contributed by atoms with Gasteiger partial charge >= 0.3 is 0 Å². The summed E-state index contributed by atoms with van der Waals surface area (Å²) >= 11 is 17.8. The molecule has 0 aliphatic rings. The number of nitrogens with two attached hydrogens (primary N) is 1. The standard InChI is InChI=1S/C13H11Cl3N2O/c1-7(17)8-2-3-13(18-6-8)19-12-5-10(15)9(14)4-11(12)16/h2-7H,17H2,1H3. The molecule has 0 saturated heterocycles. The number of hydrogen-bond acceptors (Lipinski definition) is 3. The highest BCUT2D eigenvalue weighted by atomic mass is 35.5. The first-order valence-corrected chi connectivity index (χ1v) is 6.64. The topological polar surface area (TPSA) is 48.1 Å². The Balaban J connectivity index is 2.24. The van der Waals surface area contributed by atoms with Gasteiger partial charge in [-0.15, -0.1) is 0 Å². The molecule has 100 valence electrons. The van der Waals surface area contributed by atoms with Crippen LogP contribution in [0.25, 0.3) is 0 Å². The molecule has 0 fully saturated rings. The van der Waals surface area contributed by atoms with Gasteiger partial charge in [-0.1, -0.05) is 40.9 Å². The van der Waals surface area contributed by atoms with Crippen LogP contribution in [0.5, 0.6) is 11.6 Å². The normalized spacial score (nSPS) is 12.3. The van der Waals surface area contributed by atoms with Gasteiger partial charge in [0.15, 0.2) is 0 Å². The zero-order valence-electron chi connectivity index (χ0n) is 10.0. The summed E-state index contributed by atoms with van der Waals surface area (Å²) < 4.78 is 5.55. The van der Waals surface area contributed by atoms with E-state index in [1.807, 2.05) is 13.0 Å². The molecule has 19 heavy (non-hydrogen) atoms. The summed E-state index contributed by atoms with van der Waals surface area (Å²) in [6.07, 6.45) is 1.66. The van der Waals surface area contributed by atoms with Gasteiger partial charge in [0.05, 0.1) is 15.1 Å². The number of hydrogen-bond donors (Lipinski definition) is 1. The second-order valence-electron chi connectivity index (χ2n) is 4.02. The van der Waals surface area contributed by atoms with Crippen LogP contribution in [0, 0.1) is 0 Å². The Bertz CT molecular complexity index is 585. The average Bonchev–Trinajstić information content (AvgIpc) is 2.36. The quantitative estimate of drug-likeness (QED) is 0.823. The minimum absolute atomic E-state index is 0.0740. The summed E-state index contributed by atoms with van der Waals surface area (Å²) in [6.45, 7) is 1.88. The van der Waals surface area contributed by atoms with Crippen LogP contribution in [-0.4, -0.2) is 4.98 Å². The minimum Gasteiger partial charge on any atom is -0.437 e. The van der Waals surface area contributed by atoms with E-state index in [-0.39, 0.29) is 6.04 Å². The number of rotatable bonds is 3. The summed E-state index contributed by atoms with van der Waals surface area (Å²) in [5, 5.41) is 1.11. The van der Waals surface area contributed by atoms with E-state index < -0.39 is 0 Å². The van der Waals surface area contributed by atoms with Crippen molar-refractivity contribution >= 4 is 34.8 Å². The molecule has 1 aromatic heterocycles. The third-order valence-corrected chi connectivity index (χ3v) is 3.49. The Morgan fingerprint density at radius 2 is 1.79 bits per heavy atom. The SMILES string of the molecule is CC(N)c1ccc(Oc2cc(Cl)c(Cl)cc2Cl)nc1. The Kier molecular flexibility index (Phi) is 4.53. The Morgan fingerprint density at radius 3 is 2.37 bits per heavy atom. The van der Waals surface area contributed by atoms with Gasteiger partial charge in [0.2, 0.25) is 5.88 Å². The second-order valence-corrected chi connectivity index (χ2v) is 5.24. The summed E-state index contributed by atoms with van der Waals surface area (Å²) in [7, 11) is 0. The number of pyridine rings is 1. The van der Waals surface area contributed by atoms with Crippen LogP contribution >= 0.6 is 34.8 Å². The zero-order chi connectivity index (χ0) is 14.0. The molecule has 3 nitrogen and oxygen atoms in total. The summed E-state index contributed by atoms with van der Waals surface area (Å²) in [6, 6.07) is 6.57. The fourth-order valence-corrected chi connectivity index (χ4v) is 1.99.